The number of hydrogen-bond donors (Lipinski definition) is 2. The lowest BCUT2D eigenvalue weighted by Crippen LogP contribution is -2.45. The first-order valence-electron chi connectivity index (χ1n) is 10.7. The van der Waals surface area contributed by atoms with Gasteiger partial charge in [0.05, 0.1) is 18.2 Å². The fourth-order valence-corrected chi connectivity index (χ4v) is 4.33. The SMILES string of the molecule is COc1ccc(-c2cc3c(N4CCNCC4)nc(N4CCNCC4)nc3n2C)cc1. The first-order chi connectivity index (χ1) is 14.7. The van der Waals surface area contributed by atoms with Crippen molar-refractivity contribution in [3.63, 3.8) is 0 Å². The molecule has 2 aliphatic heterocycles. The molecule has 0 saturated carbocycles. The molecule has 0 amide bonds. The van der Waals surface area contributed by atoms with E-state index in [2.05, 4.69) is 50.2 Å². The number of rotatable bonds is 4. The fourth-order valence-electron chi connectivity index (χ4n) is 4.33. The zero-order chi connectivity index (χ0) is 20.5. The number of hydrogen-bond acceptors (Lipinski definition) is 7. The molecule has 2 fully saturated rings. The summed E-state index contributed by atoms with van der Waals surface area (Å²) in [7, 11) is 3.79. The lowest BCUT2D eigenvalue weighted by molar-refractivity contribution is 0.415. The number of anilines is 2. The van der Waals surface area contributed by atoms with E-state index in [1.807, 2.05) is 12.1 Å². The Bertz CT molecular complexity index is 1020. The van der Waals surface area contributed by atoms with Crippen molar-refractivity contribution in [2.45, 2.75) is 0 Å². The van der Waals surface area contributed by atoms with Gasteiger partial charge in [-0.2, -0.15) is 9.97 Å². The van der Waals surface area contributed by atoms with Crippen LogP contribution in [0.2, 0.25) is 0 Å². The molecule has 2 saturated heterocycles. The molecule has 8 nitrogen and oxygen atoms in total. The molecule has 0 atom stereocenters. The second kappa shape index (κ2) is 8.12. The number of ether oxygens (including phenoxy) is 1. The Morgan fingerprint density at radius 2 is 1.50 bits per heavy atom. The summed E-state index contributed by atoms with van der Waals surface area (Å²) in [5, 5.41) is 7.97. The molecule has 2 N–H and O–H groups in total. The number of piperazine rings is 2. The van der Waals surface area contributed by atoms with E-state index in [1.165, 1.54) is 0 Å². The maximum absolute atomic E-state index is 5.32. The van der Waals surface area contributed by atoms with Gasteiger partial charge in [0.2, 0.25) is 5.95 Å². The van der Waals surface area contributed by atoms with Gasteiger partial charge in [0.1, 0.15) is 17.2 Å². The van der Waals surface area contributed by atoms with Crippen molar-refractivity contribution in [1.29, 1.82) is 0 Å². The summed E-state index contributed by atoms with van der Waals surface area (Å²) in [4.78, 5) is 14.8. The van der Waals surface area contributed by atoms with Crippen LogP contribution in [0, 0.1) is 0 Å². The van der Waals surface area contributed by atoms with Crippen LogP contribution in [0.15, 0.2) is 30.3 Å². The number of aryl methyl sites for hydroxylation is 1. The zero-order valence-corrected chi connectivity index (χ0v) is 17.7. The highest BCUT2D eigenvalue weighted by molar-refractivity contribution is 5.94. The molecule has 158 valence electrons. The second-order valence-corrected chi connectivity index (χ2v) is 7.88. The standard InChI is InChI=1S/C22H29N7O/c1-27-19(16-3-5-17(30-2)6-4-16)15-18-20(27)25-22(29-13-9-24-10-14-29)26-21(18)28-11-7-23-8-12-28/h3-6,15,23-24H,7-14H2,1-2H3. The third-order valence-electron chi connectivity index (χ3n) is 6.06. The van der Waals surface area contributed by atoms with E-state index in [4.69, 9.17) is 14.7 Å². The van der Waals surface area contributed by atoms with E-state index in [0.717, 1.165) is 92.2 Å². The number of nitrogens with one attached hydrogen (secondary N) is 2. The van der Waals surface area contributed by atoms with Crippen LogP contribution in [0.4, 0.5) is 11.8 Å². The first-order valence-corrected chi connectivity index (χ1v) is 10.7. The maximum atomic E-state index is 5.32. The van der Waals surface area contributed by atoms with Crippen LogP contribution in [0.25, 0.3) is 22.3 Å². The quantitative estimate of drug-likeness (QED) is 0.679. The largest absolute Gasteiger partial charge is 0.497 e. The van der Waals surface area contributed by atoms with Gasteiger partial charge >= 0.3 is 0 Å². The minimum absolute atomic E-state index is 0.833. The number of aromatic nitrogens is 3. The fraction of sp³-hybridized carbons (Fsp3) is 0.455. The van der Waals surface area contributed by atoms with Gasteiger partial charge in [-0.3, -0.25) is 0 Å². The number of nitrogens with zero attached hydrogens (tertiary/aromatic N) is 5. The molecule has 4 heterocycles. The van der Waals surface area contributed by atoms with Crippen LogP contribution in [-0.2, 0) is 7.05 Å². The first kappa shape index (κ1) is 19.1. The van der Waals surface area contributed by atoms with Crippen molar-refractivity contribution < 1.29 is 4.74 Å². The van der Waals surface area contributed by atoms with Gasteiger partial charge in [-0.15, -0.1) is 0 Å². The van der Waals surface area contributed by atoms with Crippen LogP contribution in [0.1, 0.15) is 0 Å². The monoisotopic (exact) mass is 407 g/mol. The van der Waals surface area contributed by atoms with Gasteiger partial charge in [0.25, 0.3) is 0 Å². The zero-order valence-electron chi connectivity index (χ0n) is 17.7. The van der Waals surface area contributed by atoms with Crippen molar-refractivity contribution in [2.24, 2.45) is 7.05 Å². The van der Waals surface area contributed by atoms with Crippen molar-refractivity contribution >= 4 is 22.8 Å². The number of methoxy groups -OCH3 is 1. The van der Waals surface area contributed by atoms with Crippen molar-refractivity contribution in [1.82, 2.24) is 25.2 Å². The van der Waals surface area contributed by atoms with Crippen LogP contribution in [0.3, 0.4) is 0 Å². The highest BCUT2D eigenvalue weighted by Crippen LogP contribution is 2.34. The Kier molecular flexibility index (Phi) is 5.18. The number of benzene rings is 1. The summed E-state index contributed by atoms with van der Waals surface area (Å²) >= 11 is 0. The molecular formula is C22H29N7O. The lowest BCUT2D eigenvalue weighted by Gasteiger charge is -2.31. The minimum atomic E-state index is 0.833. The Balaban J connectivity index is 1.64. The molecule has 3 aromatic rings. The summed E-state index contributed by atoms with van der Waals surface area (Å²) in [6.07, 6.45) is 0. The van der Waals surface area contributed by atoms with Gasteiger partial charge in [0, 0.05) is 59.4 Å². The van der Waals surface area contributed by atoms with Crippen LogP contribution < -0.4 is 25.2 Å². The Hall–Kier alpha value is -2.84. The lowest BCUT2D eigenvalue weighted by atomic mass is 10.1. The van der Waals surface area contributed by atoms with E-state index >= 15 is 0 Å². The van der Waals surface area contributed by atoms with Crippen LogP contribution in [-0.4, -0.2) is 74.0 Å². The van der Waals surface area contributed by atoms with Crippen molar-refractivity contribution in [3.05, 3.63) is 30.3 Å². The summed E-state index contributed by atoms with van der Waals surface area (Å²) < 4.78 is 7.51. The Morgan fingerprint density at radius 1 is 0.867 bits per heavy atom. The highest BCUT2D eigenvalue weighted by atomic mass is 16.5. The van der Waals surface area contributed by atoms with E-state index in [9.17, 15) is 0 Å². The molecule has 30 heavy (non-hydrogen) atoms. The molecule has 0 bridgehead atoms. The second-order valence-electron chi connectivity index (χ2n) is 7.88. The van der Waals surface area contributed by atoms with Crippen molar-refractivity contribution in [3.8, 4) is 17.0 Å². The molecule has 0 aliphatic carbocycles. The third kappa shape index (κ3) is 3.46. The molecule has 0 unspecified atom stereocenters. The Labute approximate surface area is 176 Å². The summed E-state index contributed by atoms with van der Waals surface area (Å²) in [5.74, 6) is 2.74. The molecule has 2 aliphatic rings. The van der Waals surface area contributed by atoms with E-state index in [1.54, 1.807) is 7.11 Å². The summed E-state index contributed by atoms with van der Waals surface area (Å²) in [6, 6.07) is 10.4. The van der Waals surface area contributed by atoms with E-state index in [-0.39, 0.29) is 0 Å². The van der Waals surface area contributed by atoms with Gasteiger partial charge in [0.15, 0.2) is 0 Å². The minimum Gasteiger partial charge on any atom is -0.497 e. The normalized spacial score (nSPS) is 17.5. The van der Waals surface area contributed by atoms with Crippen LogP contribution in [0.5, 0.6) is 5.75 Å². The molecule has 0 spiro atoms. The molecule has 8 heteroatoms. The van der Waals surface area contributed by atoms with E-state index < -0.39 is 0 Å². The molecule has 1 aromatic carbocycles. The Morgan fingerprint density at radius 3 is 2.13 bits per heavy atom. The van der Waals surface area contributed by atoms with Gasteiger partial charge in [-0.05, 0) is 35.9 Å². The molecule has 2 aromatic heterocycles. The van der Waals surface area contributed by atoms with Gasteiger partial charge < -0.3 is 29.7 Å². The van der Waals surface area contributed by atoms with Crippen LogP contribution >= 0.6 is 0 Å². The average Bonchev–Trinajstić information content (AvgIpc) is 3.16. The molecule has 5 rings (SSSR count). The van der Waals surface area contributed by atoms with Gasteiger partial charge in [-0.25, -0.2) is 0 Å². The predicted octanol–water partition coefficient (Wildman–Crippen LogP) is 1.46. The summed E-state index contributed by atoms with van der Waals surface area (Å²) in [6.45, 7) is 7.67. The average molecular weight is 408 g/mol. The summed E-state index contributed by atoms with van der Waals surface area (Å²) in [5.41, 5.74) is 3.26. The molecular weight excluding hydrogens is 378 g/mol. The predicted molar refractivity (Wildman–Crippen MR) is 121 cm³/mol. The highest BCUT2D eigenvalue weighted by Gasteiger charge is 2.23. The smallest absolute Gasteiger partial charge is 0.229 e. The number of fused-ring (bicyclic) bond motifs is 1. The van der Waals surface area contributed by atoms with Gasteiger partial charge in [-0.1, -0.05) is 0 Å². The van der Waals surface area contributed by atoms with E-state index in [0.29, 0.717) is 0 Å². The molecule has 0 radical (unpaired) electrons. The topological polar surface area (TPSA) is 70.5 Å². The third-order valence-corrected chi connectivity index (χ3v) is 6.06. The van der Waals surface area contributed by atoms with Crippen molar-refractivity contribution in [2.75, 3.05) is 69.3 Å². The maximum Gasteiger partial charge on any atom is 0.229 e.